The summed E-state index contributed by atoms with van der Waals surface area (Å²) in [4.78, 5) is 18.6. The van der Waals surface area contributed by atoms with Crippen molar-refractivity contribution >= 4 is 11.6 Å². The topological polar surface area (TPSA) is 54.5 Å². The van der Waals surface area contributed by atoms with E-state index in [9.17, 15) is 31.1 Å². The number of nitrogens with one attached hydrogen (secondary N) is 1. The highest BCUT2D eigenvalue weighted by Gasteiger charge is 2.39. The van der Waals surface area contributed by atoms with Gasteiger partial charge in [-0.05, 0) is 86.4 Å². The summed E-state index contributed by atoms with van der Waals surface area (Å²) in [6.07, 6.45) is -4.34. The van der Waals surface area contributed by atoms with E-state index >= 15 is 0 Å². The van der Waals surface area contributed by atoms with Crippen molar-refractivity contribution in [1.82, 2.24) is 10.3 Å². The van der Waals surface area contributed by atoms with Crippen molar-refractivity contribution in [3.63, 3.8) is 0 Å². The van der Waals surface area contributed by atoms with Crippen LogP contribution in [0.4, 0.5) is 32.0 Å². The fourth-order valence-electron chi connectivity index (χ4n) is 4.48. The van der Waals surface area contributed by atoms with E-state index in [1.807, 2.05) is 0 Å². The number of halogens is 6. The van der Waals surface area contributed by atoms with Gasteiger partial charge in [-0.2, -0.15) is 26.3 Å². The van der Waals surface area contributed by atoms with Crippen LogP contribution in [-0.4, -0.2) is 17.0 Å². The third kappa shape index (κ3) is 5.78. The predicted molar refractivity (Wildman–Crippen MR) is 135 cm³/mol. The minimum atomic E-state index is -4.59. The molecule has 1 amide bonds. The van der Waals surface area contributed by atoms with Gasteiger partial charge in [0.05, 0.1) is 28.9 Å². The number of alkyl halides is 6. The minimum absolute atomic E-state index is 0.136. The number of ether oxygens (including phenoxy) is 1. The van der Waals surface area contributed by atoms with Gasteiger partial charge in [0.1, 0.15) is 11.4 Å². The molecule has 0 unspecified atom stereocenters. The molecular formula is C29H25F6N3O2. The molecule has 2 aromatic carbocycles. The Morgan fingerprint density at radius 3 is 2.15 bits per heavy atom. The molecule has 0 radical (unpaired) electrons. The van der Waals surface area contributed by atoms with Crippen LogP contribution >= 0.6 is 0 Å². The molecule has 11 heteroatoms. The molecule has 1 aromatic heterocycles. The van der Waals surface area contributed by atoms with E-state index in [0.717, 1.165) is 37.2 Å². The lowest BCUT2D eigenvalue weighted by Gasteiger charge is -2.29. The van der Waals surface area contributed by atoms with E-state index in [4.69, 9.17) is 4.74 Å². The molecular weight excluding hydrogens is 536 g/mol. The van der Waals surface area contributed by atoms with Crippen molar-refractivity contribution in [3.8, 4) is 5.75 Å². The van der Waals surface area contributed by atoms with E-state index in [0.29, 0.717) is 16.9 Å². The third-order valence-electron chi connectivity index (χ3n) is 6.77. The molecule has 2 heterocycles. The standard InChI is InChI=1S/C29H25F6N3O2/c1-27(2,19-8-13-25(36-16-19)29(33,34)35)37-23-15-24(17-4-3-5-22(14-17)40-21-11-12-21)38(26(23)39)20-9-6-18(7-10-20)28(30,31)32/h3-10,13-16,21,24,37H,11-12H2,1-2H3/t24-/m1/s1. The minimum Gasteiger partial charge on any atom is -0.490 e. The molecule has 1 N–H and O–H groups in total. The first-order chi connectivity index (χ1) is 18.7. The highest BCUT2D eigenvalue weighted by Crippen LogP contribution is 2.39. The summed E-state index contributed by atoms with van der Waals surface area (Å²) in [5.74, 6) is 0.108. The summed E-state index contributed by atoms with van der Waals surface area (Å²) in [6, 6.07) is 12.9. The smallest absolute Gasteiger partial charge is 0.433 e. The maximum atomic E-state index is 13.7. The van der Waals surface area contributed by atoms with Gasteiger partial charge in [-0.3, -0.25) is 14.7 Å². The van der Waals surface area contributed by atoms with Crippen LogP contribution in [0.25, 0.3) is 0 Å². The molecule has 5 rings (SSSR count). The fourth-order valence-corrected chi connectivity index (χ4v) is 4.48. The molecule has 0 saturated heterocycles. The van der Waals surface area contributed by atoms with Crippen LogP contribution in [0.5, 0.6) is 5.75 Å². The van der Waals surface area contributed by atoms with Gasteiger partial charge >= 0.3 is 12.4 Å². The normalized spacial score (nSPS) is 18.1. The first kappa shape index (κ1) is 27.5. The zero-order chi connectivity index (χ0) is 28.9. The number of hydrogen-bond donors (Lipinski definition) is 1. The Labute approximate surface area is 226 Å². The lowest BCUT2D eigenvalue weighted by molar-refractivity contribution is -0.141. The van der Waals surface area contributed by atoms with Gasteiger partial charge in [0.15, 0.2) is 0 Å². The molecule has 40 heavy (non-hydrogen) atoms. The lowest BCUT2D eigenvalue weighted by Crippen LogP contribution is -2.40. The van der Waals surface area contributed by atoms with Gasteiger partial charge in [-0.15, -0.1) is 0 Å². The molecule has 5 nitrogen and oxygen atoms in total. The molecule has 0 bridgehead atoms. The Kier molecular flexibility index (Phi) is 6.79. The number of amides is 1. The van der Waals surface area contributed by atoms with Gasteiger partial charge in [0.2, 0.25) is 0 Å². The van der Waals surface area contributed by atoms with Crippen LogP contribution in [0.1, 0.15) is 55.1 Å². The fraction of sp³-hybridized carbons (Fsp3) is 0.310. The van der Waals surface area contributed by atoms with Crippen molar-refractivity contribution < 1.29 is 35.9 Å². The summed E-state index contributed by atoms with van der Waals surface area (Å²) in [5.41, 5.74) is -1.43. The van der Waals surface area contributed by atoms with E-state index in [1.165, 1.54) is 23.1 Å². The summed E-state index contributed by atoms with van der Waals surface area (Å²) < 4.78 is 84.4. The van der Waals surface area contributed by atoms with Gasteiger partial charge in [0.25, 0.3) is 5.91 Å². The molecule has 0 spiro atoms. The second-order valence-electron chi connectivity index (χ2n) is 10.3. The zero-order valence-corrected chi connectivity index (χ0v) is 21.5. The summed E-state index contributed by atoms with van der Waals surface area (Å²) in [6.45, 7) is 3.37. The molecule has 1 saturated carbocycles. The highest BCUT2D eigenvalue weighted by molar-refractivity contribution is 6.09. The van der Waals surface area contributed by atoms with Crippen LogP contribution in [0.15, 0.2) is 78.6 Å². The van der Waals surface area contributed by atoms with Crippen LogP contribution in [-0.2, 0) is 22.7 Å². The number of anilines is 1. The van der Waals surface area contributed by atoms with E-state index in [1.54, 1.807) is 44.2 Å². The number of rotatable bonds is 7. The number of aromatic nitrogens is 1. The summed E-state index contributed by atoms with van der Waals surface area (Å²) in [5, 5.41) is 3.11. The molecule has 1 aliphatic carbocycles. The van der Waals surface area contributed by atoms with Crippen molar-refractivity contribution in [2.45, 2.75) is 56.7 Å². The monoisotopic (exact) mass is 561 g/mol. The summed E-state index contributed by atoms with van der Waals surface area (Å²) in [7, 11) is 0. The average Bonchev–Trinajstić information content (AvgIpc) is 3.65. The Balaban J connectivity index is 1.48. The Hall–Kier alpha value is -4.02. The first-order valence-electron chi connectivity index (χ1n) is 12.5. The van der Waals surface area contributed by atoms with E-state index in [2.05, 4.69) is 10.3 Å². The molecule has 1 aliphatic heterocycles. The second kappa shape index (κ2) is 9.87. The number of hydrogen-bond acceptors (Lipinski definition) is 4. The van der Waals surface area contributed by atoms with Crippen LogP contribution in [0.3, 0.4) is 0 Å². The zero-order valence-electron chi connectivity index (χ0n) is 21.5. The van der Waals surface area contributed by atoms with Crippen molar-refractivity contribution in [2.75, 3.05) is 4.90 Å². The number of pyridine rings is 1. The second-order valence-corrected chi connectivity index (χ2v) is 10.3. The van der Waals surface area contributed by atoms with Crippen molar-refractivity contribution in [2.24, 2.45) is 0 Å². The van der Waals surface area contributed by atoms with Gasteiger partial charge < -0.3 is 10.1 Å². The Morgan fingerprint density at radius 2 is 1.57 bits per heavy atom. The molecule has 1 fully saturated rings. The van der Waals surface area contributed by atoms with Gasteiger partial charge in [-0.25, -0.2) is 0 Å². The Bertz CT molecular complexity index is 1430. The Morgan fingerprint density at radius 1 is 0.900 bits per heavy atom. The lowest BCUT2D eigenvalue weighted by atomic mass is 9.95. The quantitative estimate of drug-likeness (QED) is 0.311. The number of carbonyl (C=O) groups is 1. The average molecular weight is 562 g/mol. The number of carbonyl (C=O) groups excluding carboxylic acids is 1. The maximum absolute atomic E-state index is 13.7. The first-order valence-corrected chi connectivity index (χ1v) is 12.5. The van der Waals surface area contributed by atoms with Crippen molar-refractivity contribution in [3.05, 3.63) is 101 Å². The molecule has 1 atom stereocenters. The number of nitrogens with zero attached hydrogens (tertiary/aromatic N) is 2. The van der Waals surface area contributed by atoms with Crippen molar-refractivity contribution in [1.29, 1.82) is 0 Å². The SMILES string of the molecule is CC(C)(NC1=C[C@H](c2cccc(OC3CC3)c2)N(c2ccc(C(F)(F)F)cc2)C1=O)c1ccc(C(F)(F)F)nc1. The molecule has 3 aromatic rings. The number of benzene rings is 2. The van der Waals surface area contributed by atoms with Crippen LogP contribution < -0.4 is 15.0 Å². The van der Waals surface area contributed by atoms with E-state index in [-0.39, 0.29) is 17.5 Å². The predicted octanol–water partition coefficient (Wildman–Crippen LogP) is 7.16. The van der Waals surface area contributed by atoms with Crippen LogP contribution in [0, 0.1) is 0 Å². The summed E-state index contributed by atoms with van der Waals surface area (Å²) >= 11 is 0. The highest BCUT2D eigenvalue weighted by atomic mass is 19.4. The maximum Gasteiger partial charge on any atom is 0.433 e. The molecule has 210 valence electrons. The largest absolute Gasteiger partial charge is 0.490 e. The van der Waals surface area contributed by atoms with Gasteiger partial charge in [0, 0.05) is 11.9 Å². The van der Waals surface area contributed by atoms with Gasteiger partial charge in [-0.1, -0.05) is 18.2 Å². The van der Waals surface area contributed by atoms with E-state index < -0.39 is 41.1 Å². The third-order valence-corrected chi connectivity index (χ3v) is 6.77. The van der Waals surface area contributed by atoms with Crippen LogP contribution in [0.2, 0.25) is 0 Å². The molecule has 2 aliphatic rings.